The SMILES string of the molecule is CC(=O)OC[C@H]1O[C@@H](Oc2ccc([N+](=O)[O-])cc2)[C@H](O)[C@@H](OC(C)=O)[C@H]1OC(C)=O. The van der Waals surface area contributed by atoms with E-state index in [0.29, 0.717) is 0 Å². The largest absolute Gasteiger partial charge is 0.463 e. The molecule has 0 spiro atoms. The molecule has 2 rings (SSSR count). The maximum Gasteiger partial charge on any atom is 0.303 e. The van der Waals surface area contributed by atoms with Gasteiger partial charge < -0.3 is 28.8 Å². The molecular formula is C18H21NO11. The number of non-ortho nitro benzene ring substituents is 1. The van der Waals surface area contributed by atoms with Crippen LogP contribution in [0.15, 0.2) is 24.3 Å². The highest BCUT2D eigenvalue weighted by atomic mass is 16.7. The summed E-state index contributed by atoms with van der Waals surface area (Å²) in [6.07, 6.45) is -6.82. The number of carbonyl (C=O) groups is 3. The molecule has 0 saturated carbocycles. The summed E-state index contributed by atoms with van der Waals surface area (Å²) in [4.78, 5) is 44.4. The van der Waals surface area contributed by atoms with Gasteiger partial charge in [0.15, 0.2) is 18.3 Å². The second-order valence-electron chi connectivity index (χ2n) is 6.35. The number of carbonyl (C=O) groups excluding carboxylic acids is 3. The molecule has 1 aromatic carbocycles. The van der Waals surface area contributed by atoms with Crippen molar-refractivity contribution in [3.05, 3.63) is 34.4 Å². The molecule has 0 aromatic heterocycles. The summed E-state index contributed by atoms with van der Waals surface area (Å²) in [6.45, 7) is 2.99. The molecule has 0 unspecified atom stereocenters. The highest BCUT2D eigenvalue weighted by molar-refractivity contribution is 5.67. The van der Waals surface area contributed by atoms with Crippen molar-refractivity contribution < 1.29 is 48.1 Å². The van der Waals surface area contributed by atoms with Gasteiger partial charge in [-0.25, -0.2) is 0 Å². The number of hydrogen-bond donors (Lipinski definition) is 1. The summed E-state index contributed by atoms with van der Waals surface area (Å²) in [5, 5.41) is 21.4. The first-order chi connectivity index (χ1) is 14.1. The van der Waals surface area contributed by atoms with E-state index in [4.69, 9.17) is 23.7 Å². The number of aliphatic hydroxyl groups is 1. The van der Waals surface area contributed by atoms with Crippen LogP contribution in [0.3, 0.4) is 0 Å². The van der Waals surface area contributed by atoms with Crippen molar-refractivity contribution in [1.29, 1.82) is 0 Å². The van der Waals surface area contributed by atoms with Gasteiger partial charge in [0.1, 0.15) is 18.5 Å². The molecule has 12 heteroatoms. The number of rotatable bonds is 7. The lowest BCUT2D eigenvalue weighted by Gasteiger charge is -2.42. The quantitative estimate of drug-likeness (QED) is 0.279. The zero-order chi connectivity index (χ0) is 22.4. The molecule has 5 atom stereocenters. The number of nitro groups is 1. The van der Waals surface area contributed by atoms with E-state index < -0.39 is 53.5 Å². The molecule has 1 saturated heterocycles. The maximum absolute atomic E-state index is 11.5. The van der Waals surface area contributed by atoms with Gasteiger partial charge in [0.25, 0.3) is 5.69 Å². The van der Waals surface area contributed by atoms with Crippen molar-refractivity contribution in [3.63, 3.8) is 0 Å². The lowest BCUT2D eigenvalue weighted by molar-refractivity contribution is -0.384. The zero-order valence-corrected chi connectivity index (χ0v) is 16.4. The molecule has 1 fully saturated rings. The summed E-state index contributed by atoms with van der Waals surface area (Å²) >= 11 is 0. The Morgan fingerprint density at radius 1 is 1.03 bits per heavy atom. The molecule has 1 N–H and O–H groups in total. The molecule has 1 aromatic rings. The fraction of sp³-hybridized carbons (Fsp3) is 0.500. The van der Waals surface area contributed by atoms with Crippen LogP contribution < -0.4 is 4.74 Å². The van der Waals surface area contributed by atoms with Crippen LogP contribution >= 0.6 is 0 Å². The van der Waals surface area contributed by atoms with Crippen molar-refractivity contribution in [2.45, 2.75) is 51.5 Å². The van der Waals surface area contributed by atoms with E-state index in [0.717, 1.165) is 20.8 Å². The van der Waals surface area contributed by atoms with Gasteiger partial charge in [-0.3, -0.25) is 24.5 Å². The van der Waals surface area contributed by atoms with E-state index in [1.54, 1.807) is 0 Å². The van der Waals surface area contributed by atoms with Gasteiger partial charge in [0.2, 0.25) is 6.29 Å². The maximum atomic E-state index is 11.5. The van der Waals surface area contributed by atoms with Crippen molar-refractivity contribution in [3.8, 4) is 5.75 Å². The minimum atomic E-state index is -1.60. The van der Waals surface area contributed by atoms with Crippen LogP contribution in [0.25, 0.3) is 0 Å². The van der Waals surface area contributed by atoms with Gasteiger partial charge in [-0.2, -0.15) is 0 Å². The molecule has 30 heavy (non-hydrogen) atoms. The van der Waals surface area contributed by atoms with Crippen LogP contribution in [0.5, 0.6) is 5.75 Å². The second kappa shape index (κ2) is 9.98. The van der Waals surface area contributed by atoms with Crippen LogP contribution in [0, 0.1) is 10.1 Å². The monoisotopic (exact) mass is 427 g/mol. The summed E-state index contributed by atoms with van der Waals surface area (Å²) in [5.74, 6) is -2.03. The number of esters is 3. The van der Waals surface area contributed by atoms with Gasteiger partial charge in [-0.1, -0.05) is 0 Å². The van der Waals surface area contributed by atoms with Gasteiger partial charge in [0.05, 0.1) is 4.92 Å². The Balaban J connectivity index is 2.28. The number of nitrogens with zero attached hydrogens (tertiary/aromatic N) is 1. The van der Waals surface area contributed by atoms with Crippen molar-refractivity contribution in [2.75, 3.05) is 6.61 Å². The van der Waals surface area contributed by atoms with Crippen LogP contribution in [-0.2, 0) is 33.3 Å². The average molecular weight is 427 g/mol. The number of nitro benzene ring substituents is 1. The summed E-state index contributed by atoms with van der Waals surface area (Å²) < 4.78 is 26.3. The van der Waals surface area contributed by atoms with E-state index >= 15 is 0 Å². The van der Waals surface area contributed by atoms with Gasteiger partial charge in [0, 0.05) is 32.9 Å². The predicted octanol–water partition coefficient (Wildman–Crippen LogP) is 0.486. The first kappa shape index (κ1) is 23.0. The summed E-state index contributed by atoms with van der Waals surface area (Å²) in [6, 6.07) is 4.95. The molecule has 1 aliphatic heterocycles. The molecule has 1 aliphatic rings. The van der Waals surface area contributed by atoms with Crippen LogP contribution in [0.2, 0.25) is 0 Å². The van der Waals surface area contributed by atoms with E-state index in [1.807, 2.05) is 0 Å². The topological polar surface area (TPSA) is 161 Å². The number of benzene rings is 1. The first-order valence-corrected chi connectivity index (χ1v) is 8.81. The number of ether oxygens (including phenoxy) is 5. The third-order valence-corrected chi connectivity index (χ3v) is 3.97. The van der Waals surface area contributed by atoms with Crippen molar-refractivity contribution >= 4 is 23.6 Å². The Morgan fingerprint density at radius 3 is 2.10 bits per heavy atom. The molecule has 0 bridgehead atoms. The van der Waals surface area contributed by atoms with Gasteiger partial charge in [-0.05, 0) is 12.1 Å². The molecular weight excluding hydrogens is 406 g/mol. The summed E-state index contributed by atoms with van der Waals surface area (Å²) in [7, 11) is 0. The molecule has 12 nitrogen and oxygen atoms in total. The highest BCUT2D eigenvalue weighted by Gasteiger charge is 2.50. The Kier molecular flexibility index (Phi) is 7.66. The van der Waals surface area contributed by atoms with Crippen LogP contribution in [0.1, 0.15) is 20.8 Å². The lowest BCUT2D eigenvalue weighted by atomic mass is 9.98. The minimum Gasteiger partial charge on any atom is -0.463 e. The fourth-order valence-electron chi connectivity index (χ4n) is 2.77. The fourth-order valence-corrected chi connectivity index (χ4v) is 2.77. The average Bonchev–Trinajstić information content (AvgIpc) is 2.65. The van der Waals surface area contributed by atoms with Gasteiger partial charge >= 0.3 is 17.9 Å². The first-order valence-electron chi connectivity index (χ1n) is 8.81. The molecule has 164 valence electrons. The Labute approximate surface area is 170 Å². The lowest BCUT2D eigenvalue weighted by Crippen LogP contribution is -2.62. The van der Waals surface area contributed by atoms with Crippen LogP contribution in [-0.4, -0.2) is 65.3 Å². The molecule has 0 radical (unpaired) electrons. The van der Waals surface area contributed by atoms with Crippen LogP contribution in [0.4, 0.5) is 5.69 Å². The normalized spacial score (nSPS) is 25.7. The Bertz CT molecular complexity index is 794. The Hall–Kier alpha value is -3.25. The minimum absolute atomic E-state index is 0.114. The third kappa shape index (κ3) is 6.12. The predicted molar refractivity (Wildman–Crippen MR) is 96.1 cm³/mol. The molecule has 1 heterocycles. The molecule has 0 aliphatic carbocycles. The third-order valence-electron chi connectivity index (χ3n) is 3.97. The second-order valence-corrected chi connectivity index (χ2v) is 6.35. The van der Waals surface area contributed by atoms with E-state index in [-0.39, 0.29) is 18.0 Å². The van der Waals surface area contributed by atoms with E-state index in [2.05, 4.69) is 0 Å². The van der Waals surface area contributed by atoms with E-state index in [1.165, 1.54) is 24.3 Å². The molecule has 0 amide bonds. The van der Waals surface area contributed by atoms with Crippen molar-refractivity contribution in [1.82, 2.24) is 0 Å². The van der Waals surface area contributed by atoms with Crippen molar-refractivity contribution in [2.24, 2.45) is 0 Å². The summed E-state index contributed by atoms with van der Waals surface area (Å²) in [5.41, 5.74) is -0.173. The van der Waals surface area contributed by atoms with Gasteiger partial charge in [-0.15, -0.1) is 0 Å². The number of aliphatic hydroxyl groups excluding tert-OH is 1. The number of hydrogen-bond acceptors (Lipinski definition) is 11. The Morgan fingerprint density at radius 2 is 1.60 bits per heavy atom. The smallest absolute Gasteiger partial charge is 0.303 e. The standard InChI is InChI=1S/C18H21NO11/c1-9(20)26-8-14-16(27-10(2)21)17(28-11(3)22)15(23)18(30-14)29-13-6-4-12(5-7-13)19(24)25/h4-7,14-18,23H,8H2,1-3H3/t14-,15-,16+,17-,18-/m1/s1. The zero-order valence-electron chi connectivity index (χ0n) is 16.4. The highest BCUT2D eigenvalue weighted by Crippen LogP contribution is 2.29. The van der Waals surface area contributed by atoms with E-state index in [9.17, 15) is 29.6 Å².